The van der Waals surface area contributed by atoms with Gasteiger partial charge in [-0.3, -0.25) is 9.78 Å². The molecule has 1 amide bonds. The number of nitrogens with zero attached hydrogens (tertiary/aromatic N) is 2. The predicted molar refractivity (Wildman–Crippen MR) is 73.2 cm³/mol. The van der Waals surface area contributed by atoms with Crippen molar-refractivity contribution in [3.05, 3.63) is 30.1 Å². The van der Waals surface area contributed by atoms with Gasteiger partial charge in [0, 0.05) is 12.2 Å². The van der Waals surface area contributed by atoms with Gasteiger partial charge in [0.05, 0.1) is 11.4 Å². The molecular weight excluding hydrogens is 244 g/mol. The molecule has 3 rings (SSSR count). The first kappa shape index (κ1) is 12.0. The van der Waals surface area contributed by atoms with Gasteiger partial charge >= 0.3 is 0 Å². The van der Waals surface area contributed by atoms with Crippen molar-refractivity contribution in [2.24, 2.45) is 0 Å². The summed E-state index contributed by atoms with van der Waals surface area (Å²) < 4.78 is 0. The Morgan fingerprint density at radius 2 is 2.06 bits per heavy atom. The van der Waals surface area contributed by atoms with Gasteiger partial charge in [0.15, 0.2) is 0 Å². The van der Waals surface area contributed by atoms with Crippen molar-refractivity contribution in [1.82, 2.24) is 9.88 Å². The summed E-state index contributed by atoms with van der Waals surface area (Å²) in [5.41, 5.74) is 1.03. The van der Waals surface area contributed by atoms with Crippen molar-refractivity contribution >= 4 is 17.7 Å². The third-order valence-electron chi connectivity index (χ3n) is 3.81. The van der Waals surface area contributed by atoms with Crippen molar-refractivity contribution < 1.29 is 4.79 Å². The van der Waals surface area contributed by atoms with Gasteiger partial charge in [-0.15, -0.1) is 11.8 Å². The molecule has 96 valence electrons. The standard InChI is InChI=1S/C14H18N2OS/c17-13-10-18-14(12-8-4-5-9-15-12)16(13)11-6-2-1-3-7-11/h4-5,8-9,11,14H,1-3,6-7,10H2. The maximum atomic E-state index is 12.1. The van der Waals surface area contributed by atoms with Gasteiger partial charge in [-0.2, -0.15) is 0 Å². The van der Waals surface area contributed by atoms with Gasteiger partial charge in [0.1, 0.15) is 5.37 Å². The molecule has 1 aliphatic carbocycles. The Morgan fingerprint density at radius 3 is 2.78 bits per heavy atom. The molecule has 1 atom stereocenters. The highest BCUT2D eigenvalue weighted by Gasteiger charge is 2.38. The molecule has 1 aromatic heterocycles. The molecule has 1 aromatic rings. The summed E-state index contributed by atoms with van der Waals surface area (Å²) in [4.78, 5) is 18.7. The molecule has 2 heterocycles. The Hall–Kier alpha value is -1.03. The van der Waals surface area contributed by atoms with E-state index in [4.69, 9.17) is 0 Å². The molecule has 1 saturated heterocycles. The summed E-state index contributed by atoms with van der Waals surface area (Å²) >= 11 is 1.72. The fourth-order valence-corrected chi connectivity index (χ4v) is 4.15. The van der Waals surface area contributed by atoms with Crippen LogP contribution in [0.3, 0.4) is 0 Å². The Labute approximate surface area is 112 Å². The van der Waals surface area contributed by atoms with E-state index in [0.717, 1.165) is 18.5 Å². The molecule has 0 N–H and O–H groups in total. The Bertz CT molecular complexity index is 417. The maximum Gasteiger partial charge on any atom is 0.234 e. The number of carbonyl (C=O) groups excluding carboxylic acids is 1. The molecule has 2 fully saturated rings. The van der Waals surface area contributed by atoms with E-state index in [-0.39, 0.29) is 5.37 Å². The van der Waals surface area contributed by atoms with E-state index in [1.165, 1.54) is 19.3 Å². The van der Waals surface area contributed by atoms with E-state index in [9.17, 15) is 4.79 Å². The average Bonchev–Trinajstić information content (AvgIpc) is 2.83. The highest BCUT2D eigenvalue weighted by Crippen LogP contribution is 2.41. The minimum atomic E-state index is 0.141. The highest BCUT2D eigenvalue weighted by atomic mass is 32.2. The molecule has 1 saturated carbocycles. The normalized spacial score (nSPS) is 25.7. The van der Waals surface area contributed by atoms with Crippen LogP contribution in [0.25, 0.3) is 0 Å². The molecule has 3 nitrogen and oxygen atoms in total. The summed E-state index contributed by atoms with van der Waals surface area (Å²) in [5, 5.41) is 0.141. The third kappa shape index (κ3) is 2.26. The van der Waals surface area contributed by atoms with E-state index < -0.39 is 0 Å². The topological polar surface area (TPSA) is 33.2 Å². The second-order valence-corrected chi connectivity index (χ2v) is 6.08. The molecule has 0 radical (unpaired) electrons. The number of amides is 1. The quantitative estimate of drug-likeness (QED) is 0.821. The number of thioether (sulfide) groups is 1. The largest absolute Gasteiger partial charge is 0.321 e. The smallest absolute Gasteiger partial charge is 0.234 e. The minimum Gasteiger partial charge on any atom is -0.321 e. The lowest BCUT2D eigenvalue weighted by Gasteiger charge is -2.34. The zero-order valence-corrected chi connectivity index (χ0v) is 11.2. The van der Waals surface area contributed by atoms with E-state index in [2.05, 4.69) is 9.88 Å². The van der Waals surface area contributed by atoms with Crippen LogP contribution in [-0.2, 0) is 4.79 Å². The molecule has 1 aliphatic heterocycles. The van der Waals surface area contributed by atoms with Crippen LogP contribution >= 0.6 is 11.8 Å². The molecule has 0 spiro atoms. The fourth-order valence-electron chi connectivity index (χ4n) is 2.94. The number of hydrogen-bond acceptors (Lipinski definition) is 3. The van der Waals surface area contributed by atoms with Crippen molar-refractivity contribution in [2.75, 3.05) is 5.75 Å². The van der Waals surface area contributed by atoms with Gasteiger partial charge in [0.2, 0.25) is 5.91 Å². The van der Waals surface area contributed by atoms with Crippen LogP contribution in [-0.4, -0.2) is 27.6 Å². The molecule has 0 bridgehead atoms. The number of rotatable bonds is 2. The van der Waals surface area contributed by atoms with Crippen molar-refractivity contribution in [1.29, 1.82) is 0 Å². The Morgan fingerprint density at radius 1 is 1.22 bits per heavy atom. The second-order valence-electron chi connectivity index (χ2n) is 5.01. The molecule has 18 heavy (non-hydrogen) atoms. The zero-order valence-electron chi connectivity index (χ0n) is 10.4. The number of carbonyl (C=O) groups is 1. The van der Waals surface area contributed by atoms with Crippen LogP contribution in [0.5, 0.6) is 0 Å². The highest BCUT2D eigenvalue weighted by molar-refractivity contribution is 8.00. The number of pyridine rings is 1. The van der Waals surface area contributed by atoms with E-state index in [1.807, 2.05) is 24.4 Å². The van der Waals surface area contributed by atoms with Crippen molar-refractivity contribution in [3.63, 3.8) is 0 Å². The van der Waals surface area contributed by atoms with Crippen LogP contribution in [0.2, 0.25) is 0 Å². The maximum absolute atomic E-state index is 12.1. The average molecular weight is 262 g/mol. The lowest BCUT2D eigenvalue weighted by Crippen LogP contribution is -2.39. The lowest BCUT2D eigenvalue weighted by molar-refractivity contribution is -0.131. The molecule has 2 aliphatic rings. The van der Waals surface area contributed by atoms with Gasteiger partial charge in [0.25, 0.3) is 0 Å². The van der Waals surface area contributed by atoms with Crippen LogP contribution in [0.1, 0.15) is 43.2 Å². The van der Waals surface area contributed by atoms with Gasteiger partial charge in [-0.25, -0.2) is 0 Å². The third-order valence-corrected chi connectivity index (χ3v) is 5.01. The van der Waals surface area contributed by atoms with Crippen LogP contribution in [0, 0.1) is 0 Å². The predicted octanol–water partition coefficient (Wildman–Crippen LogP) is 2.99. The summed E-state index contributed by atoms with van der Waals surface area (Å²) in [5.74, 6) is 0.903. The first-order valence-electron chi connectivity index (χ1n) is 6.70. The Kier molecular flexibility index (Phi) is 3.55. The summed E-state index contributed by atoms with van der Waals surface area (Å²) in [6.45, 7) is 0. The summed E-state index contributed by atoms with van der Waals surface area (Å²) in [6.07, 6.45) is 7.98. The van der Waals surface area contributed by atoms with Crippen molar-refractivity contribution in [3.8, 4) is 0 Å². The zero-order chi connectivity index (χ0) is 12.4. The van der Waals surface area contributed by atoms with Crippen LogP contribution in [0.15, 0.2) is 24.4 Å². The first-order valence-corrected chi connectivity index (χ1v) is 7.75. The van der Waals surface area contributed by atoms with E-state index >= 15 is 0 Å². The van der Waals surface area contributed by atoms with E-state index in [0.29, 0.717) is 17.7 Å². The van der Waals surface area contributed by atoms with Crippen LogP contribution < -0.4 is 0 Å². The monoisotopic (exact) mass is 262 g/mol. The van der Waals surface area contributed by atoms with Crippen molar-refractivity contribution in [2.45, 2.75) is 43.5 Å². The molecule has 0 aromatic carbocycles. The number of aromatic nitrogens is 1. The second kappa shape index (κ2) is 5.31. The summed E-state index contributed by atoms with van der Waals surface area (Å²) in [6, 6.07) is 6.40. The molecular formula is C14H18N2OS. The number of hydrogen-bond donors (Lipinski definition) is 0. The van der Waals surface area contributed by atoms with Gasteiger partial charge in [-0.05, 0) is 25.0 Å². The molecule has 1 unspecified atom stereocenters. The Balaban J connectivity index is 1.83. The van der Waals surface area contributed by atoms with Gasteiger partial charge < -0.3 is 4.90 Å². The SMILES string of the molecule is O=C1CSC(c2ccccn2)N1C1CCCCC1. The van der Waals surface area contributed by atoms with E-state index in [1.54, 1.807) is 11.8 Å². The molecule has 4 heteroatoms. The summed E-state index contributed by atoms with van der Waals surface area (Å²) in [7, 11) is 0. The fraction of sp³-hybridized carbons (Fsp3) is 0.571. The first-order chi connectivity index (χ1) is 8.86. The van der Waals surface area contributed by atoms with Gasteiger partial charge in [-0.1, -0.05) is 25.3 Å². The van der Waals surface area contributed by atoms with Crippen LogP contribution in [0.4, 0.5) is 0 Å². The minimum absolute atomic E-state index is 0.141. The lowest BCUT2D eigenvalue weighted by atomic mass is 9.94.